The van der Waals surface area contributed by atoms with Crippen molar-refractivity contribution >= 4 is 23.4 Å². The Bertz CT molecular complexity index is 1260. The van der Waals surface area contributed by atoms with E-state index in [1.54, 1.807) is 48.5 Å². The zero-order chi connectivity index (χ0) is 23.7. The zero-order valence-corrected chi connectivity index (χ0v) is 18.2. The number of anilines is 1. The molecule has 3 aromatic rings. The number of piperazine rings is 1. The van der Waals surface area contributed by atoms with Gasteiger partial charge in [0.2, 0.25) is 5.91 Å². The fourth-order valence-electron chi connectivity index (χ4n) is 4.29. The number of hydrogen-bond acceptors (Lipinski definition) is 4. The van der Waals surface area contributed by atoms with Crippen LogP contribution >= 0.6 is 0 Å². The van der Waals surface area contributed by atoms with Crippen LogP contribution in [0.25, 0.3) is 11.1 Å². The number of nitrogens with one attached hydrogen (secondary N) is 1. The molecule has 0 aliphatic carbocycles. The van der Waals surface area contributed by atoms with Crippen molar-refractivity contribution in [2.45, 2.75) is 6.04 Å². The molecule has 0 spiro atoms. The molecule has 172 valence electrons. The van der Waals surface area contributed by atoms with Crippen LogP contribution in [-0.4, -0.2) is 59.8 Å². The van der Waals surface area contributed by atoms with Crippen molar-refractivity contribution < 1.29 is 23.5 Å². The molecule has 0 unspecified atom stereocenters. The highest BCUT2D eigenvalue weighted by molar-refractivity contribution is 6.10. The van der Waals surface area contributed by atoms with Crippen molar-refractivity contribution in [1.82, 2.24) is 9.80 Å². The number of nitrogens with zero attached hydrogens (tertiary/aromatic N) is 2. The van der Waals surface area contributed by atoms with Gasteiger partial charge in [0.25, 0.3) is 11.8 Å². The second-order valence-corrected chi connectivity index (χ2v) is 8.19. The number of rotatable bonds is 4. The fraction of sp³-hybridized carbons (Fsp3) is 0.192. The van der Waals surface area contributed by atoms with Gasteiger partial charge in [-0.2, -0.15) is 0 Å². The van der Waals surface area contributed by atoms with Gasteiger partial charge >= 0.3 is 0 Å². The summed E-state index contributed by atoms with van der Waals surface area (Å²) in [6.07, 6.45) is 0. The van der Waals surface area contributed by atoms with E-state index in [9.17, 15) is 18.8 Å². The first-order valence-electron chi connectivity index (χ1n) is 11.0. The highest BCUT2D eigenvalue weighted by Crippen LogP contribution is 2.31. The van der Waals surface area contributed by atoms with Crippen molar-refractivity contribution in [3.63, 3.8) is 0 Å². The first-order chi connectivity index (χ1) is 16.5. The molecule has 2 aliphatic rings. The van der Waals surface area contributed by atoms with E-state index >= 15 is 0 Å². The van der Waals surface area contributed by atoms with Gasteiger partial charge in [-0.25, -0.2) is 4.39 Å². The molecule has 3 aromatic carbocycles. The lowest BCUT2D eigenvalue weighted by Crippen LogP contribution is -2.60. The van der Waals surface area contributed by atoms with E-state index < -0.39 is 11.9 Å². The lowest BCUT2D eigenvalue weighted by Gasteiger charge is -2.39. The number of halogens is 1. The molecule has 1 N–H and O–H groups in total. The van der Waals surface area contributed by atoms with E-state index in [0.29, 0.717) is 28.1 Å². The summed E-state index contributed by atoms with van der Waals surface area (Å²) < 4.78 is 19.8. The highest BCUT2D eigenvalue weighted by atomic mass is 19.1. The molecule has 1 atom stereocenters. The van der Waals surface area contributed by atoms with Gasteiger partial charge in [0.05, 0.1) is 17.8 Å². The summed E-state index contributed by atoms with van der Waals surface area (Å²) in [5, 5.41) is 2.80. The molecule has 2 heterocycles. The molecular weight excluding hydrogens is 437 g/mol. The van der Waals surface area contributed by atoms with Gasteiger partial charge in [-0.05, 0) is 35.9 Å². The Morgan fingerprint density at radius 1 is 0.971 bits per heavy atom. The second-order valence-electron chi connectivity index (χ2n) is 8.19. The number of fused-ring (bicyclic) bond motifs is 2. The van der Waals surface area contributed by atoms with Gasteiger partial charge in [0, 0.05) is 18.7 Å². The molecular formula is C26H22FN3O4. The van der Waals surface area contributed by atoms with Gasteiger partial charge in [-0.15, -0.1) is 0 Å². The first kappa shape index (κ1) is 21.6. The Kier molecular flexibility index (Phi) is 5.71. The predicted octanol–water partition coefficient (Wildman–Crippen LogP) is 3.18. The van der Waals surface area contributed by atoms with Crippen LogP contribution < -0.4 is 10.1 Å². The van der Waals surface area contributed by atoms with Crippen LogP contribution in [-0.2, 0) is 9.59 Å². The SMILES string of the molecule is O=C1Nc2ccc(-c3ccccc3F)cc2C(=O)N2CCN(C(=O)COc3ccccc3)C[C@H]12. The maximum absolute atomic E-state index is 14.3. The minimum absolute atomic E-state index is 0.0721. The summed E-state index contributed by atoms with van der Waals surface area (Å²) in [5.41, 5.74) is 1.59. The number of amides is 3. The van der Waals surface area contributed by atoms with Gasteiger partial charge in [0.1, 0.15) is 17.6 Å². The van der Waals surface area contributed by atoms with E-state index in [1.165, 1.54) is 15.9 Å². The Hall–Kier alpha value is -4.20. The second kappa shape index (κ2) is 8.97. The largest absolute Gasteiger partial charge is 0.484 e. The summed E-state index contributed by atoms with van der Waals surface area (Å²) in [6, 6.07) is 19.4. The maximum atomic E-state index is 14.3. The van der Waals surface area contributed by atoms with Crippen LogP contribution in [0.15, 0.2) is 72.8 Å². The number of hydrogen-bond donors (Lipinski definition) is 1. The van der Waals surface area contributed by atoms with E-state index in [1.807, 2.05) is 18.2 Å². The van der Waals surface area contributed by atoms with E-state index in [-0.39, 0.29) is 44.0 Å². The zero-order valence-electron chi connectivity index (χ0n) is 18.2. The molecule has 0 aromatic heterocycles. The van der Waals surface area contributed by atoms with Crippen LogP contribution in [0.1, 0.15) is 10.4 Å². The lowest BCUT2D eigenvalue weighted by atomic mass is 10.0. The summed E-state index contributed by atoms with van der Waals surface area (Å²) in [4.78, 5) is 42.1. The van der Waals surface area contributed by atoms with Gasteiger partial charge in [0.15, 0.2) is 6.61 Å². The maximum Gasteiger partial charge on any atom is 0.260 e. The standard InChI is InChI=1S/C26H22FN3O4/c27-21-9-5-4-8-19(21)17-10-11-22-20(14-17)26(33)30-13-12-29(15-23(30)25(32)28-22)24(31)16-34-18-6-2-1-3-7-18/h1-11,14,23H,12-13,15-16H2,(H,28,32)/t23-/m1/s1. The van der Waals surface area contributed by atoms with Crippen LogP contribution in [0.3, 0.4) is 0 Å². The number of ether oxygens (including phenoxy) is 1. The fourth-order valence-corrected chi connectivity index (χ4v) is 4.29. The average molecular weight is 459 g/mol. The first-order valence-corrected chi connectivity index (χ1v) is 11.0. The Balaban J connectivity index is 1.34. The average Bonchev–Trinajstić information content (AvgIpc) is 2.97. The predicted molar refractivity (Wildman–Crippen MR) is 124 cm³/mol. The highest BCUT2D eigenvalue weighted by Gasteiger charge is 2.40. The van der Waals surface area contributed by atoms with Crippen LogP contribution in [0.4, 0.5) is 10.1 Å². The lowest BCUT2D eigenvalue weighted by molar-refractivity contribution is -0.137. The number of carbonyl (C=O) groups is 3. The van der Waals surface area contributed by atoms with E-state index in [0.717, 1.165) is 0 Å². The van der Waals surface area contributed by atoms with Crippen molar-refractivity contribution in [2.75, 3.05) is 31.6 Å². The minimum Gasteiger partial charge on any atom is -0.484 e. The molecule has 1 saturated heterocycles. The normalized spacial score (nSPS) is 17.4. The Morgan fingerprint density at radius 2 is 1.74 bits per heavy atom. The molecule has 8 heteroatoms. The Morgan fingerprint density at radius 3 is 2.53 bits per heavy atom. The van der Waals surface area contributed by atoms with Crippen LogP contribution in [0.5, 0.6) is 5.75 Å². The number of benzene rings is 3. The van der Waals surface area contributed by atoms with Crippen LogP contribution in [0.2, 0.25) is 0 Å². The number of para-hydroxylation sites is 1. The quantitative estimate of drug-likeness (QED) is 0.650. The molecule has 34 heavy (non-hydrogen) atoms. The number of carbonyl (C=O) groups excluding carboxylic acids is 3. The molecule has 5 rings (SSSR count). The van der Waals surface area contributed by atoms with Gasteiger partial charge in [-0.3, -0.25) is 14.4 Å². The van der Waals surface area contributed by atoms with Crippen LogP contribution in [0, 0.1) is 5.82 Å². The third-order valence-electron chi connectivity index (χ3n) is 6.09. The topological polar surface area (TPSA) is 79.0 Å². The third-order valence-corrected chi connectivity index (χ3v) is 6.09. The van der Waals surface area contributed by atoms with Gasteiger partial charge in [-0.1, -0.05) is 42.5 Å². The molecule has 0 bridgehead atoms. The van der Waals surface area contributed by atoms with E-state index in [4.69, 9.17) is 4.74 Å². The molecule has 7 nitrogen and oxygen atoms in total. The van der Waals surface area contributed by atoms with Crippen molar-refractivity contribution in [3.05, 3.63) is 84.2 Å². The molecule has 0 radical (unpaired) electrons. The van der Waals surface area contributed by atoms with E-state index in [2.05, 4.69) is 5.32 Å². The molecule has 3 amide bonds. The summed E-state index contributed by atoms with van der Waals surface area (Å²) >= 11 is 0. The molecule has 0 saturated carbocycles. The monoisotopic (exact) mass is 459 g/mol. The summed E-state index contributed by atoms with van der Waals surface area (Å²) in [5.74, 6) is -0.767. The van der Waals surface area contributed by atoms with Crippen molar-refractivity contribution in [3.8, 4) is 16.9 Å². The molecule has 2 aliphatic heterocycles. The summed E-state index contributed by atoms with van der Waals surface area (Å²) in [7, 11) is 0. The van der Waals surface area contributed by atoms with Crippen molar-refractivity contribution in [2.24, 2.45) is 0 Å². The van der Waals surface area contributed by atoms with Gasteiger partial charge < -0.3 is 19.9 Å². The third kappa shape index (κ3) is 4.10. The minimum atomic E-state index is -0.828. The Labute approximate surface area is 195 Å². The summed E-state index contributed by atoms with van der Waals surface area (Å²) in [6.45, 7) is 0.410. The van der Waals surface area contributed by atoms with Crippen molar-refractivity contribution in [1.29, 1.82) is 0 Å². The molecule has 1 fully saturated rings. The smallest absolute Gasteiger partial charge is 0.260 e.